The maximum atomic E-state index is 13.1. The van der Waals surface area contributed by atoms with Crippen molar-refractivity contribution >= 4 is 40.7 Å². The van der Waals surface area contributed by atoms with E-state index < -0.39 is 0 Å². The smallest absolute Gasteiger partial charge is 0.257 e. The number of hydrogen-bond acceptors (Lipinski definition) is 4. The molecule has 0 aliphatic carbocycles. The number of aryl methyl sites for hydroxylation is 1. The first-order valence-corrected chi connectivity index (χ1v) is 11.0. The number of thioether (sulfide) groups is 1. The third-order valence-electron chi connectivity index (χ3n) is 5.35. The van der Waals surface area contributed by atoms with Gasteiger partial charge >= 0.3 is 0 Å². The van der Waals surface area contributed by atoms with Gasteiger partial charge in [-0.3, -0.25) is 14.4 Å². The largest absolute Gasteiger partial charge is 0.319 e. The molecule has 7 heteroatoms. The molecule has 2 aromatic carbocycles. The molecule has 2 aliphatic heterocycles. The molecule has 2 fully saturated rings. The standard InChI is InChI=1S/C22H20N4OS2/c1-15-7-9-17(10-8-15)21-26-19(14-29-21)20(27)25(22(26)28)18-11-23-24(13-18)12-16-5-3-2-4-6-16/h2-11,13,19,21H,12,14H2,1H3/t19-,21+/m0/s1. The normalized spacial score (nSPS) is 21.1. The fourth-order valence-corrected chi connectivity index (χ4v) is 5.76. The molecule has 2 aliphatic rings. The molecule has 3 aromatic rings. The van der Waals surface area contributed by atoms with Crippen molar-refractivity contribution in [2.24, 2.45) is 0 Å². The molecular weight excluding hydrogens is 400 g/mol. The minimum absolute atomic E-state index is 0.0383. The Morgan fingerprint density at radius 3 is 2.66 bits per heavy atom. The van der Waals surface area contributed by atoms with E-state index in [4.69, 9.17) is 12.2 Å². The zero-order chi connectivity index (χ0) is 20.0. The summed E-state index contributed by atoms with van der Waals surface area (Å²) < 4.78 is 1.84. The lowest BCUT2D eigenvalue weighted by Crippen LogP contribution is -2.33. The lowest BCUT2D eigenvalue weighted by molar-refractivity contribution is -0.119. The maximum absolute atomic E-state index is 13.1. The lowest BCUT2D eigenvalue weighted by atomic mass is 10.1. The van der Waals surface area contributed by atoms with Crippen LogP contribution in [0, 0.1) is 6.92 Å². The molecule has 29 heavy (non-hydrogen) atoms. The van der Waals surface area contributed by atoms with E-state index in [1.807, 2.05) is 29.1 Å². The van der Waals surface area contributed by atoms with Crippen LogP contribution in [0.5, 0.6) is 0 Å². The quantitative estimate of drug-likeness (QED) is 0.597. The number of fused-ring (bicyclic) bond motifs is 1. The van der Waals surface area contributed by atoms with Crippen molar-refractivity contribution in [1.29, 1.82) is 0 Å². The first-order valence-electron chi connectivity index (χ1n) is 9.52. The highest BCUT2D eigenvalue weighted by Crippen LogP contribution is 2.46. The van der Waals surface area contributed by atoms with Crippen molar-refractivity contribution in [2.75, 3.05) is 10.7 Å². The summed E-state index contributed by atoms with van der Waals surface area (Å²) in [7, 11) is 0. The Morgan fingerprint density at radius 2 is 1.90 bits per heavy atom. The van der Waals surface area contributed by atoms with E-state index in [1.54, 1.807) is 22.9 Å². The SMILES string of the molecule is Cc1ccc([C@H]2SC[C@H]3C(=O)N(c4cnn(Cc5ccccc5)c4)C(=S)N23)cc1. The average Bonchev–Trinajstić information content (AvgIpc) is 3.41. The molecule has 0 N–H and O–H groups in total. The van der Waals surface area contributed by atoms with Crippen LogP contribution in [0.4, 0.5) is 5.69 Å². The fourth-order valence-electron chi connectivity index (χ4n) is 3.84. The molecule has 0 bridgehead atoms. The molecule has 5 nitrogen and oxygen atoms in total. The van der Waals surface area contributed by atoms with Gasteiger partial charge in [0.2, 0.25) is 0 Å². The van der Waals surface area contributed by atoms with Gasteiger partial charge in [0.1, 0.15) is 11.4 Å². The number of thiocarbonyl (C=S) groups is 1. The van der Waals surface area contributed by atoms with E-state index in [0.29, 0.717) is 11.7 Å². The Morgan fingerprint density at radius 1 is 1.14 bits per heavy atom. The number of nitrogens with zero attached hydrogens (tertiary/aromatic N) is 4. The van der Waals surface area contributed by atoms with Crippen molar-refractivity contribution in [1.82, 2.24) is 14.7 Å². The summed E-state index contributed by atoms with van der Waals surface area (Å²) >= 11 is 7.53. The molecule has 2 saturated heterocycles. The van der Waals surface area contributed by atoms with Crippen LogP contribution in [0.3, 0.4) is 0 Å². The second kappa shape index (κ2) is 7.31. The predicted octanol–water partition coefficient (Wildman–Crippen LogP) is 3.99. The molecule has 2 atom stereocenters. The Kier molecular flexibility index (Phi) is 4.64. The van der Waals surface area contributed by atoms with Gasteiger partial charge in [0.15, 0.2) is 5.11 Å². The number of benzene rings is 2. The second-order valence-electron chi connectivity index (χ2n) is 7.36. The number of amides is 1. The van der Waals surface area contributed by atoms with Gasteiger partial charge in [-0.05, 0) is 30.3 Å². The topological polar surface area (TPSA) is 41.4 Å². The Balaban J connectivity index is 1.39. The second-order valence-corrected chi connectivity index (χ2v) is 8.84. The van der Waals surface area contributed by atoms with Crippen LogP contribution in [0.1, 0.15) is 22.1 Å². The van der Waals surface area contributed by atoms with Gasteiger partial charge in [0, 0.05) is 11.9 Å². The van der Waals surface area contributed by atoms with Crippen LogP contribution < -0.4 is 4.90 Å². The molecule has 0 unspecified atom stereocenters. The number of aromatic nitrogens is 2. The zero-order valence-electron chi connectivity index (χ0n) is 15.9. The molecule has 5 rings (SSSR count). The van der Waals surface area contributed by atoms with Gasteiger partial charge in [-0.2, -0.15) is 5.10 Å². The van der Waals surface area contributed by atoms with E-state index in [1.165, 1.54) is 11.1 Å². The summed E-state index contributed by atoms with van der Waals surface area (Å²) in [5, 5.41) is 5.08. The summed E-state index contributed by atoms with van der Waals surface area (Å²) in [6.45, 7) is 2.73. The van der Waals surface area contributed by atoms with Crippen LogP contribution in [0.2, 0.25) is 0 Å². The van der Waals surface area contributed by atoms with Gasteiger partial charge in [-0.1, -0.05) is 60.2 Å². The van der Waals surface area contributed by atoms with Gasteiger partial charge in [-0.15, -0.1) is 11.8 Å². The van der Waals surface area contributed by atoms with E-state index in [2.05, 4.69) is 53.3 Å². The van der Waals surface area contributed by atoms with Crippen molar-refractivity contribution in [3.05, 3.63) is 83.7 Å². The third-order valence-corrected chi connectivity index (χ3v) is 7.06. The van der Waals surface area contributed by atoms with Crippen LogP contribution in [0.25, 0.3) is 0 Å². The van der Waals surface area contributed by atoms with E-state index >= 15 is 0 Å². The average molecular weight is 421 g/mol. The monoisotopic (exact) mass is 420 g/mol. The van der Waals surface area contributed by atoms with Crippen molar-refractivity contribution < 1.29 is 4.79 Å². The first kappa shape index (κ1) is 18.4. The number of carbonyl (C=O) groups excluding carboxylic acids is 1. The fraction of sp³-hybridized carbons (Fsp3) is 0.227. The predicted molar refractivity (Wildman–Crippen MR) is 120 cm³/mol. The Bertz CT molecular complexity index is 1060. The summed E-state index contributed by atoms with van der Waals surface area (Å²) in [4.78, 5) is 16.9. The molecule has 0 saturated carbocycles. The van der Waals surface area contributed by atoms with Gasteiger partial charge in [-0.25, -0.2) is 0 Å². The molecule has 3 heterocycles. The van der Waals surface area contributed by atoms with Crippen LogP contribution in [-0.2, 0) is 11.3 Å². The van der Waals surface area contributed by atoms with Crippen molar-refractivity contribution in [3.8, 4) is 0 Å². The number of rotatable bonds is 4. The van der Waals surface area contributed by atoms with Gasteiger partial charge in [0.25, 0.3) is 5.91 Å². The third kappa shape index (κ3) is 3.24. The maximum Gasteiger partial charge on any atom is 0.257 e. The zero-order valence-corrected chi connectivity index (χ0v) is 17.6. The summed E-state index contributed by atoms with van der Waals surface area (Å²) in [6, 6.07) is 18.4. The molecule has 1 amide bonds. The molecule has 146 valence electrons. The molecule has 0 radical (unpaired) electrons. The van der Waals surface area contributed by atoms with Crippen LogP contribution in [0.15, 0.2) is 67.0 Å². The lowest BCUT2D eigenvalue weighted by Gasteiger charge is -2.25. The molecule has 0 spiro atoms. The molecular formula is C22H20N4OS2. The van der Waals surface area contributed by atoms with Crippen LogP contribution in [-0.4, -0.2) is 37.5 Å². The van der Waals surface area contributed by atoms with Gasteiger partial charge in [0.05, 0.1) is 18.4 Å². The van der Waals surface area contributed by atoms with Gasteiger partial charge < -0.3 is 4.90 Å². The van der Waals surface area contributed by atoms with E-state index in [0.717, 1.165) is 17.0 Å². The Hall–Kier alpha value is -2.64. The van der Waals surface area contributed by atoms with E-state index in [9.17, 15) is 4.79 Å². The highest BCUT2D eigenvalue weighted by atomic mass is 32.2. The van der Waals surface area contributed by atoms with Crippen molar-refractivity contribution in [3.63, 3.8) is 0 Å². The number of hydrogen-bond donors (Lipinski definition) is 0. The van der Waals surface area contributed by atoms with Crippen LogP contribution >= 0.6 is 24.0 Å². The minimum Gasteiger partial charge on any atom is -0.319 e. The Labute approximate surface area is 179 Å². The molecule has 1 aromatic heterocycles. The first-order chi connectivity index (χ1) is 14.1. The number of anilines is 1. The highest BCUT2D eigenvalue weighted by molar-refractivity contribution is 7.99. The summed E-state index contributed by atoms with van der Waals surface area (Å²) in [5.41, 5.74) is 4.30. The minimum atomic E-state index is -0.212. The van der Waals surface area contributed by atoms with Crippen molar-refractivity contribution in [2.45, 2.75) is 24.9 Å². The highest BCUT2D eigenvalue weighted by Gasteiger charge is 2.51. The van der Waals surface area contributed by atoms with E-state index in [-0.39, 0.29) is 17.3 Å². The summed E-state index contributed by atoms with van der Waals surface area (Å²) in [5.74, 6) is 0.781. The summed E-state index contributed by atoms with van der Waals surface area (Å²) in [6.07, 6.45) is 3.62. The number of carbonyl (C=O) groups is 1.